The zero-order valence-electron chi connectivity index (χ0n) is 14.6. The molecule has 0 saturated heterocycles. The Morgan fingerprint density at radius 3 is 2.24 bits per heavy atom. The lowest BCUT2D eigenvalue weighted by atomic mass is 10.1. The zero-order valence-corrected chi connectivity index (χ0v) is 17.0. The summed E-state index contributed by atoms with van der Waals surface area (Å²) in [4.78, 5) is 12.5. The number of carbonyl (C=O) groups is 1. The highest BCUT2D eigenvalue weighted by Crippen LogP contribution is 2.25. The lowest BCUT2D eigenvalue weighted by Crippen LogP contribution is -2.35. The number of sulfonamides is 1. The fraction of sp³-hybridized carbons (Fsp3) is 0.278. The van der Waals surface area contributed by atoms with Crippen LogP contribution in [0.3, 0.4) is 0 Å². The van der Waals surface area contributed by atoms with Crippen molar-refractivity contribution >= 4 is 37.5 Å². The number of hydrogen-bond donors (Lipinski definition) is 1. The molecule has 0 aliphatic rings. The molecule has 2 aromatic carbocycles. The van der Waals surface area contributed by atoms with Crippen molar-refractivity contribution in [2.45, 2.75) is 25.7 Å². The third-order valence-electron chi connectivity index (χ3n) is 3.83. The highest BCUT2D eigenvalue weighted by atomic mass is 79.9. The van der Waals surface area contributed by atoms with Gasteiger partial charge in [0.2, 0.25) is 15.9 Å². The largest absolute Gasteiger partial charge is 0.324 e. The molecule has 134 valence electrons. The fourth-order valence-corrected chi connectivity index (χ4v) is 4.75. The normalized spacial score (nSPS) is 11.6. The van der Waals surface area contributed by atoms with E-state index in [1.165, 1.54) is 13.1 Å². The van der Waals surface area contributed by atoms with Crippen LogP contribution in [-0.4, -0.2) is 32.2 Å². The molecule has 1 N–H and O–H groups in total. The van der Waals surface area contributed by atoms with Gasteiger partial charge in [0.05, 0.1) is 11.4 Å². The molecule has 7 heteroatoms. The SMILES string of the molecule is Cc1cc(C)c(NC(=O)CN(C)S(=O)(=O)c2ccccc2Br)c(C)c1. The van der Waals surface area contributed by atoms with Crippen molar-refractivity contribution in [3.63, 3.8) is 0 Å². The first-order valence-electron chi connectivity index (χ1n) is 7.71. The molecule has 0 spiro atoms. The Morgan fingerprint density at radius 2 is 1.68 bits per heavy atom. The molecule has 0 unspecified atom stereocenters. The first kappa shape index (κ1) is 19.6. The highest BCUT2D eigenvalue weighted by Gasteiger charge is 2.25. The molecule has 0 aliphatic carbocycles. The topological polar surface area (TPSA) is 66.5 Å². The van der Waals surface area contributed by atoms with Crippen molar-refractivity contribution in [3.05, 3.63) is 57.6 Å². The van der Waals surface area contributed by atoms with Crippen molar-refractivity contribution in [2.24, 2.45) is 0 Å². The summed E-state index contributed by atoms with van der Waals surface area (Å²) in [5, 5.41) is 2.82. The Hall–Kier alpha value is -1.70. The number of likely N-dealkylation sites (N-methyl/N-ethyl adjacent to an activating group) is 1. The number of carbonyl (C=O) groups excluding carboxylic acids is 1. The number of nitrogens with zero attached hydrogens (tertiary/aromatic N) is 1. The first-order chi connectivity index (χ1) is 11.6. The van der Waals surface area contributed by atoms with Gasteiger partial charge in [-0.25, -0.2) is 8.42 Å². The molecule has 5 nitrogen and oxygen atoms in total. The predicted molar refractivity (Wildman–Crippen MR) is 103 cm³/mol. The molecule has 0 heterocycles. The van der Waals surface area contributed by atoms with Crippen molar-refractivity contribution in [1.29, 1.82) is 0 Å². The van der Waals surface area contributed by atoms with Crippen molar-refractivity contribution in [1.82, 2.24) is 4.31 Å². The molecule has 0 radical (unpaired) electrons. The van der Waals surface area contributed by atoms with Crippen molar-refractivity contribution < 1.29 is 13.2 Å². The number of anilines is 1. The Balaban J connectivity index is 2.17. The smallest absolute Gasteiger partial charge is 0.244 e. The minimum absolute atomic E-state index is 0.132. The monoisotopic (exact) mass is 424 g/mol. The van der Waals surface area contributed by atoms with Crippen LogP contribution in [0.4, 0.5) is 5.69 Å². The molecule has 1 amide bonds. The molecule has 0 atom stereocenters. The summed E-state index contributed by atoms with van der Waals surface area (Å²) >= 11 is 3.24. The van der Waals surface area contributed by atoms with Crippen LogP contribution in [-0.2, 0) is 14.8 Å². The Labute approximate surface area is 157 Å². The van der Waals surface area contributed by atoms with E-state index < -0.39 is 10.0 Å². The Bertz CT molecular complexity index is 887. The third-order valence-corrected chi connectivity index (χ3v) is 6.65. The van der Waals surface area contributed by atoms with Crippen LogP contribution in [0.5, 0.6) is 0 Å². The second kappa shape index (κ2) is 7.68. The van der Waals surface area contributed by atoms with Gasteiger partial charge in [0.25, 0.3) is 0 Å². The second-order valence-corrected chi connectivity index (χ2v) is 8.88. The van der Waals surface area contributed by atoms with Crippen LogP contribution >= 0.6 is 15.9 Å². The van der Waals surface area contributed by atoms with Crippen LogP contribution < -0.4 is 5.32 Å². The maximum Gasteiger partial charge on any atom is 0.244 e. The van der Waals surface area contributed by atoms with Gasteiger partial charge in [-0.2, -0.15) is 4.31 Å². The van der Waals surface area contributed by atoms with Crippen LogP contribution in [0.1, 0.15) is 16.7 Å². The van der Waals surface area contributed by atoms with Gasteiger partial charge in [0.1, 0.15) is 0 Å². The average molecular weight is 425 g/mol. The molecule has 0 aliphatic heterocycles. The van der Waals surface area contributed by atoms with E-state index >= 15 is 0 Å². The zero-order chi connectivity index (χ0) is 18.8. The lowest BCUT2D eigenvalue weighted by Gasteiger charge is -2.19. The van der Waals surface area contributed by atoms with Crippen LogP contribution in [0.15, 0.2) is 45.8 Å². The fourth-order valence-electron chi connectivity index (χ4n) is 2.67. The van der Waals surface area contributed by atoms with Gasteiger partial charge in [-0.1, -0.05) is 29.8 Å². The Kier molecular flexibility index (Phi) is 6.03. The summed E-state index contributed by atoms with van der Waals surface area (Å²) in [6, 6.07) is 10.5. The van der Waals surface area contributed by atoms with E-state index in [2.05, 4.69) is 21.2 Å². The minimum Gasteiger partial charge on any atom is -0.324 e. The Morgan fingerprint density at radius 1 is 1.12 bits per heavy atom. The number of benzene rings is 2. The van der Waals surface area contributed by atoms with Crippen LogP contribution in [0, 0.1) is 20.8 Å². The number of halogens is 1. The van der Waals surface area contributed by atoms with E-state index in [1.807, 2.05) is 32.9 Å². The van der Waals surface area contributed by atoms with E-state index in [4.69, 9.17) is 0 Å². The van der Waals surface area contributed by atoms with Gasteiger partial charge < -0.3 is 5.32 Å². The molecule has 0 aromatic heterocycles. The maximum atomic E-state index is 12.6. The first-order valence-corrected chi connectivity index (χ1v) is 9.95. The molecule has 2 rings (SSSR count). The van der Waals surface area contributed by atoms with E-state index in [1.54, 1.807) is 18.2 Å². The highest BCUT2D eigenvalue weighted by molar-refractivity contribution is 9.10. The summed E-state index contributed by atoms with van der Waals surface area (Å²) in [7, 11) is -2.37. The van der Waals surface area contributed by atoms with Gasteiger partial charge in [-0.15, -0.1) is 0 Å². The molecular weight excluding hydrogens is 404 g/mol. The standard InChI is InChI=1S/C18H21BrN2O3S/c1-12-9-13(2)18(14(3)10-12)20-17(22)11-21(4)25(23,24)16-8-6-5-7-15(16)19/h5-10H,11H2,1-4H3,(H,20,22). The van der Waals surface area contributed by atoms with Gasteiger partial charge >= 0.3 is 0 Å². The molecule has 2 aromatic rings. The molecule has 0 bridgehead atoms. The summed E-state index contributed by atoms with van der Waals surface area (Å²) in [5.41, 5.74) is 3.73. The van der Waals surface area contributed by atoms with E-state index in [0.717, 1.165) is 26.7 Å². The minimum atomic E-state index is -3.76. The number of aryl methyl sites for hydroxylation is 3. The van der Waals surface area contributed by atoms with Gasteiger partial charge in [-0.05, 0) is 60.0 Å². The average Bonchev–Trinajstić information content (AvgIpc) is 2.51. The molecular formula is C18H21BrN2O3S. The van der Waals surface area contributed by atoms with E-state index in [0.29, 0.717) is 4.47 Å². The van der Waals surface area contributed by atoms with Crippen LogP contribution in [0.2, 0.25) is 0 Å². The van der Waals surface area contributed by atoms with E-state index in [-0.39, 0.29) is 17.3 Å². The summed E-state index contributed by atoms with van der Waals surface area (Å²) < 4.78 is 26.8. The summed E-state index contributed by atoms with van der Waals surface area (Å²) in [6.07, 6.45) is 0. The molecule has 0 fully saturated rings. The number of rotatable bonds is 5. The van der Waals surface area contributed by atoms with E-state index in [9.17, 15) is 13.2 Å². The van der Waals surface area contributed by atoms with Gasteiger partial charge in [0, 0.05) is 17.2 Å². The summed E-state index contributed by atoms with van der Waals surface area (Å²) in [6.45, 7) is 5.55. The number of nitrogens with one attached hydrogen (secondary N) is 1. The predicted octanol–water partition coefficient (Wildman–Crippen LogP) is 3.63. The molecule has 0 saturated carbocycles. The number of hydrogen-bond acceptors (Lipinski definition) is 3. The van der Waals surface area contributed by atoms with Gasteiger partial charge in [-0.3, -0.25) is 4.79 Å². The maximum absolute atomic E-state index is 12.6. The second-order valence-electron chi connectivity index (χ2n) is 6.01. The van der Waals surface area contributed by atoms with Crippen molar-refractivity contribution in [2.75, 3.05) is 18.9 Å². The third kappa shape index (κ3) is 4.48. The van der Waals surface area contributed by atoms with Crippen LogP contribution in [0.25, 0.3) is 0 Å². The quantitative estimate of drug-likeness (QED) is 0.796. The van der Waals surface area contributed by atoms with Gasteiger partial charge in [0.15, 0.2) is 0 Å². The molecule has 25 heavy (non-hydrogen) atoms. The summed E-state index contributed by atoms with van der Waals surface area (Å²) in [5.74, 6) is -0.381. The lowest BCUT2D eigenvalue weighted by molar-refractivity contribution is -0.116. The van der Waals surface area contributed by atoms with Crippen molar-refractivity contribution in [3.8, 4) is 0 Å². The number of amides is 1.